The van der Waals surface area contributed by atoms with Crippen LogP contribution < -0.4 is 16.0 Å². The van der Waals surface area contributed by atoms with Gasteiger partial charge in [-0.05, 0) is 52.2 Å². The van der Waals surface area contributed by atoms with Crippen molar-refractivity contribution in [3.63, 3.8) is 0 Å². The second-order valence-corrected chi connectivity index (χ2v) is 6.93. The van der Waals surface area contributed by atoms with Crippen LogP contribution in [0.25, 0.3) is 0 Å². The molecular weight excluding hydrogens is 398 g/mol. The molecule has 0 saturated carbocycles. The minimum atomic E-state index is -0.498. The first-order chi connectivity index (χ1) is 12.4. The maximum Gasteiger partial charge on any atom is 0.411 e. The highest BCUT2D eigenvalue weighted by molar-refractivity contribution is 9.10. The molecule has 0 aliphatic carbocycles. The number of anilines is 3. The number of amides is 2. The monoisotopic (exact) mass is 419 g/mol. The van der Waals surface area contributed by atoms with Crippen molar-refractivity contribution in [2.24, 2.45) is 5.92 Å². The summed E-state index contributed by atoms with van der Waals surface area (Å²) in [6.45, 7) is 4.40. The molecule has 0 fully saturated rings. The molecule has 6 nitrogen and oxygen atoms in total. The van der Waals surface area contributed by atoms with Crippen LogP contribution in [-0.2, 0) is 9.53 Å². The summed E-state index contributed by atoms with van der Waals surface area (Å²) in [5.41, 5.74) is 2.02. The van der Waals surface area contributed by atoms with Crippen LogP contribution in [0.2, 0.25) is 0 Å². The summed E-state index contributed by atoms with van der Waals surface area (Å²) in [6, 6.07) is 14.5. The SMILES string of the molecule is CC(C)COC(=O)Nc1cccc(NCC(=O)Nc2ccccc2Br)c1. The van der Waals surface area contributed by atoms with E-state index in [0.717, 1.165) is 4.47 Å². The van der Waals surface area contributed by atoms with E-state index in [4.69, 9.17) is 4.74 Å². The maximum absolute atomic E-state index is 12.1. The van der Waals surface area contributed by atoms with Crippen molar-refractivity contribution < 1.29 is 14.3 Å². The summed E-state index contributed by atoms with van der Waals surface area (Å²) >= 11 is 3.39. The number of halogens is 1. The van der Waals surface area contributed by atoms with E-state index >= 15 is 0 Å². The van der Waals surface area contributed by atoms with E-state index in [0.29, 0.717) is 23.7 Å². The third-order valence-corrected chi connectivity index (χ3v) is 3.95. The quantitative estimate of drug-likeness (QED) is 0.607. The lowest BCUT2D eigenvalue weighted by Crippen LogP contribution is -2.22. The average molecular weight is 420 g/mol. The molecule has 7 heteroatoms. The largest absolute Gasteiger partial charge is 0.449 e. The molecule has 0 aliphatic rings. The molecule has 2 aromatic rings. The molecule has 0 bridgehead atoms. The summed E-state index contributed by atoms with van der Waals surface area (Å²) in [6.07, 6.45) is -0.498. The molecule has 26 heavy (non-hydrogen) atoms. The van der Waals surface area contributed by atoms with E-state index < -0.39 is 6.09 Å². The van der Waals surface area contributed by atoms with Crippen LogP contribution in [0.5, 0.6) is 0 Å². The highest BCUT2D eigenvalue weighted by Crippen LogP contribution is 2.21. The predicted octanol–water partition coefficient (Wildman–Crippen LogP) is 4.70. The molecule has 2 aromatic carbocycles. The molecule has 138 valence electrons. The smallest absolute Gasteiger partial charge is 0.411 e. The Labute approximate surface area is 161 Å². The average Bonchev–Trinajstić information content (AvgIpc) is 2.60. The van der Waals surface area contributed by atoms with Gasteiger partial charge in [-0.15, -0.1) is 0 Å². The number of hydrogen-bond donors (Lipinski definition) is 3. The number of para-hydroxylation sites is 1. The second-order valence-electron chi connectivity index (χ2n) is 6.08. The highest BCUT2D eigenvalue weighted by atomic mass is 79.9. The lowest BCUT2D eigenvalue weighted by molar-refractivity contribution is -0.114. The first kappa shape index (κ1) is 19.8. The standard InChI is InChI=1S/C19H22BrN3O3/c1-13(2)12-26-19(25)22-15-7-5-6-14(10-15)21-11-18(24)23-17-9-4-3-8-16(17)20/h3-10,13,21H,11-12H2,1-2H3,(H,22,25)(H,23,24). The van der Waals surface area contributed by atoms with E-state index in [-0.39, 0.29) is 18.4 Å². The number of carbonyl (C=O) groups excluding carboxylic acids is 2. The molecule has 2 rings (SSSR count). The molecular formula is C19H22BrN3O3. The molecule has 0 spiro atoms. The zero-order valence-electron chi connectivity index (χ0n) is 14.7. The third-order valence-electron chi connectivity index (χ3n) is 3.26. The molecule has 0 radical (unpaired) electrons. The number of hydrogen-bond acceptors (Lipinski definition) is 4. The van der Waals surface area contributed by atoms with Crippen LogP contribution in [0.4, 0.5) is 21.9 Å². The van der Waals surface area contributed by atoms with Crippen LogP contribution in [0.3, 0.4) is 0 Å². The summed E-state index contributed by atoms with van der Waals surface area (Å²) in [4.78, 5) is 23.8. The number of benzene rings is 2. The zero-order valence-corrected chi connectivity index (χ0v) is 16.3. The van der Waals surface area contributed by atoms with Crippen molar-refractivity contribution in [2.45, 2.75) is 13.8 Å². The van der Waals surface area contributed by atoms with E-state index in [1.807, 2.05) is 44.2 Å². The normalized spacial score (nSPS) is 10.3. The fraction of sp³-hybridized carbons (Fsp3) is 0.263. The highest BCUT2D eigenvalue weighted by Gasteiger charge is 2.07. The van der Waals surface area contributed by atoms with Crippen molar-refractivity contribution in [1.29, 1.82) is 0 Å². The minimum absolute atomic E-state index is 0.0998. The first-order valence-corrected chi connectivity index (χ1v) is 9.05. The Morgan fingerprint density at radius 3 is 2.50 bits per heavy atom. The van der Waals surface area contributed by atoms with Gasteiger partial charge in [0.15, 0.2) is 0 Å². The van der Waals surface area contributed by atoms with Crippen molar-refractivity contribution in [3.8, 4) is 0 Å². The Kier molecular flexibility index (Phi) is 7.47. The van der Waals surface area contributed by atoms with E-state index in [2.05, 4.69) is 31.9 Å². The molecule has 2 amide bonds. The zero-order chi connectivity index (χ0) is 18.9. The molecule has 0 heterocycles. The molecule has 0 unspecified atom stereocenters. The third kappa shape index (κ3) is 6.76. The first-order valence-electron chi connectivity index (χ1n) is 8.26. The lowest BCUT2D eigenvalue weighted by atomic mass is 10.2. The molecule has 0 aliphatic heterocycles. The van der Waals surface area contributed by atoms with Gasteiger partial charge >= 0.3 is 6.09 Å². The van der Waals surface area contributed by atoms with Crippen LogP contribution in [0.1, 0.15) is 13.8 Å². The van der Waals surface area contributed by atoms with Crippen molar-refractivity contribution in [3.05, 3.63) is 53.0 Å². The Bertz CT molecular complexity index is 765. The van der Waals surface area contributed by atoms with Gasteiger partial charge in [0, 0.05) is 15.8 Å². The van der Waals surface area contributed by atoms with Gasteiger partial charge in [0.2, 0.25) is 5.91 Å². The number of carbonyl (C=O) groups is 2. The van der Waals surface area contributed by atoms with E-state index in [1.54, 1.807) is 18.2 Å². The van der Waals surface area contributed by atoms with Gasteiger partial charge in [-0.3, -0.25) is 10.1 Å². The van der Waals surface area contributed by atoms with Crippen molar-refractivity contribution in [1.82, 2.24) is 0 Å². The molecule has 3 N–H and O–H groups in total. The Hall–Kier alpha value is -2.54. The number of ether oxygens (including phenoxy) is 1. The van der Waals surface area contributed by atoms with Crippen LogP contribution in [-0.4, -0.2) is 25.2 Å². The Morgan fingerprint density at radius 1 is 1.04 bits per heavy atom. The summed E-state index contributed by atoms with van der Waals surface area (Å²) in [5, 5.41) is 8.51. The number of rotatable bonds is 7. The van der Waals surface area contributed by atoms with Crippen molar-refractivity contribution >= 4 is 45.0 Å². The lowest BCUT2D eigenvalue weighted by Gasteiger charge is -2.11. The fourth-order valence-corrected chi connectivity index (χ4v) is 2.43. The topological polar surface area (TPSA) is 79.5 Å². The van der Waals surface area contributed by atoms with Gasteiger partial charge in [0.05, 0.1) is 18.8 Å². The molecule has 0 saturated heterocycles. The summed E-state index contributed by atoms with van der Waals surface area (Å²) < 4.78 is 5.90. The van der Waals surface area contributed by atoms with Gasteiger partial charge in [-0.1, -0.05) is 32.0 Å². The molecule has 0 atom stereocenters. The summed E-state index contributed by atoms with van der Waals surface area (Å²) in [5.74, 6) is 0.100. The minimum Gasteiger partial charge on any atom is -0.449 e. The van der Waals surface area contributed by atoms with E-state index in [1.165, 1.54) is 0 Å². The van der Waals surface area contributed by atoms with Crippen LogP contribution >= 0.6 is 15.9 Å². The van der Waals surface area contributed by atoms with Gasteiger partial charge in [-0.2, -0.15) is 0 Å². The Morgan fingerprint density at radius 2 is 1.77 bits per heavy atom. The maximum atomic E-state index is 12.1. The van der Waals surface area contributed by atoms with Gasteiger partial charge in [0.1, 0.15) is 0 Å². The molecule has 0 aromatic heterocycles. The Balaban J connectivity index is 1.85. The van der Waals surface area contributed by atoms with Crippen LogP contribution in [0, 0.1) is 5.92 Å². The predicted molar refractivity (Wildman–Crippen MR) is 108 cm³/mol. The van der Waals surface area contributed by atoms with Crippen molar-refractivity contribution in [2.75, 3.05) is 29.1 Å². The van der Waals surface area contributed by atoms with E-state index in [9.17, 15) is 9.59 Å². The number of nitrogens with one attached hydrogen (secondary N) is 3. The fourth-order valence-electron chi connectivity index (χ4n) is 2.04. The summed E-state index contributed by atoms with van der Waals surface area (Å²) in [7, 11) is 0. The van der Waals surface area contributed by atoms with Gasteiger partial charge in [-0.25, -0.2) is 4.79 Å². The van der Waals surface area contributed by atoms with Crippen LogP contribution in [0.15, 0.2) is 53.0 Å². The van der Waals surface area contributed by atoms with Gasteiger partial charge < -0.3 is 15.4 Å². The second kappa shape index (κ2) is 9.82. The van der Waals surface area contributed by atoms with Gasteiger partial charge in [0.25, 0.3) is 0 Å².